The number of nitrogens with one attached hydrogen (secondary N) is 1. The fourth-order valence-corrected chi connectivity index (χ4v) is 1.44. The number of hydrogen-bond donors (Lipinski definition) is 2. The molecule has 0 unspecified atom stereocenters. The third-order valence-corrected chi connectivity index (χ3v) is 2.34. The monoisotopic (exact) mass is 216 g/mol. The first-order valence-electron chi connectivity index (χ1n) is 5.04. The predicted molar refractivity (Wildman–Crippen MR) is 65.3 cm³/mol. The van der Waals surface area contributed by atoms with Crippen molar-refractivity contribution in [2.75, 3.05) is 11.1 Å². The Morgan fingerprint density at radius 1 is 1.06 bits per heavy atom. The second-order valence-corrected chi connectivity index (χ2v) is 3.72. The molecule has 0 saturated heterocycles. The summed E-state index contributed by atoms with van der Waals surface area (Å²) in [5, 5.41) is 3.13. The molecule has 0 aliphatic rings. The predicted octanol–water partition coefficient (Wildman–Crippen LogP) is 3.46. The molecule has 0 bridgehead atoms. The SMILES string of the molecule is Cc1ccc(Nc2ccc(F)cc2N)cc1. The smallest absolute Gasteiger partial charge is 0.125 e. The Labute approximate surface area is 93.9 Å². The molecule has 0 atom stereocenters. The highest BCUT2D eigenvalue weighted by atomic mass is 19.1. The van der Waals surface area contributed by atoms with Gasteiger partial charge in [-0.2, -0.15) is 0 Å². The highest BCUT2D eigenvalue weighted by molar-refractivity contribution is 5.72. The zero-order chi connectivity index (χ0) is 11.5. The van der Waals surface area contributed by atoms with Crippen molar-refractivity contribution in [3.63, 3.8) is 0 Å². The van der Waals surface area contributed by atoms with Crippen LogP contribution in [0.5, 0.6) is 0 Å². The first kappa shape index (κ1) is 10.5. The van der Waals surface area contributed by atoms with E-state index < -0.39 is 0 Å². The summed E-state index contributed by atoms with van der Waals surface area (Å²) in [7, 11) is 0. The van der Waals surface area contributed by atoms with Gasteiger partial charge in [0, 0.05) is 5.69 Å². The van der Waals surface area contributed by atoms with Crippen LogP contribution in [0.2, 0.25) is 0 Å². The number of rotatable bonds is 2. The fourth-order valence-electron chi connectivity index (χ4n) is 1.44. The third-order valence-electron chi connectivity index (χ3n) is 2.34. The molecule has 82 valence electrons. The van der Waals surface area contributed by atoms with Gasteiger partial charge in [-0.15, -0.1) is 0 Å². The van der Waals surface area contributed by atoms with Gasteiger partial charge < -0.3 is 11.1 Å². The third kappa shape index (κ3) is 2.31. The van der Waals surface area contributed by atoms with Crippen molar-refractivity contribution >= 4 is 17.1 Å². The number of aryl methyl sites for hydroxylation is 1. The highest BCUT2D eigenvalue weighted by Crippen LogP contribution is 2.23. The molecule has 0 saturated carbocycles. The second-order valence-electron chi connectivity index (χ2n) is 3.72. The summed E-state index contributed by atoms with van der Waals surface area (Å²) in [6, 6.07) is 12.2. The van der Waals surface area contributed by atoms with Crippen LogP contribution in [0.15, 0.2) is 42.5 Å². The van der Waals surface area contributed by atoms with E-state index in [1.165, 1.54) is 17.7 Å². The summed E-state index contributed by atoms with van der Waals surface area (Å²) >= 11 is 0. The Balaban J connectivity index is 2.23. The van der Waals surface area contributed by atoms with Crippen molar-refractivity contribution in [1.82, 2.24) is 0 Å². The minimum Gasteiger partial charge on any atom is -0.397 e. The lowest BCUT2D eigenvalue weighted by molar-refractivity contribution is 0.628. The topological polar surface area (TPSA) is 38.0 Å². The molecule has 2 rings (SSSR count). The van der Waals surface area contributed by atoms with Crippen molar-refractivity contribution in [3.05, 3.63) is 53.8 Å². The maximum Gasteiger partial charge on any atom is 0.125 e. The quantitative estimate of drug-likeness (QED) is 0.754. The Morgan fingerprint density at radius 2 is 1.75 bits per heavy atom. The molecular formula is C13H13FN2. The van der Waals surface area contributed by atoms with Crippen molar-refractivity contribution in [2.45, 2.75) is 6.92 Å². The molecular weight excluding hydrogens is 203 g/mol. The van der Waals surface area contributed by atoms with Crippen molar-refractivity contribution < 1.29 is 4.39 Å². The van der Waals surface area contributed by atoms with Gasteiger partial charge >= 0.3 is 0 Å². The van der Waals surface area contributed by atoms with Gasteiger partial charge in [0.25, 0.3) is 0 Å². The van der Waals surface area contributed by atoms with E-state index in [4.69, 9.17) is 5.73 Å². The zero-order valence-corrected chi connectivity index (χ0v) is 9.00. The van der Waals surface area contributed by atoms with Crippen LogP contribution in [0.25, 0.3) is 0 Å². The molecule has 0 amide bonds. The van der Waals surface area contributed by atoms with E-state index in [0.29, 0.717) is 11.4 Å². The lowest BCUT2D eigenvalue weighted by atomic mass is 10.2. The van der Waals surface area contributed by atoms with Gasteiger partial charge in [-0.25, -0.2) is 4.39 Å². The van der Waals surface area contributed by atoms with Gasteiger partial charge in [-0.1, -0.05) is 17.7 Å². The highest BCUT2D eigenvalue weighted by Gasteiger charge is 2.00. The van der Waals surface area contributed by atoms with Gasteiger partial charge in [0.1, 0.15) is 5.82 Å². The summed E-state index contributed by atoms with van der Waals surface area (Å²) in [4.78, 5) is 0. The van der Waals surface area contributed by atoms with E-state index in [-0.39, 0.29) is 5.82 Å². The standard InChI is InChI=1S/C13H13FN2/c1-9-2-5-11(6-3-9)16-13-7-4-10(14)8-12(13)15/h2-8,16H,15H2,1H3. The molecule has 0 spiro atoms. The summed E-state index contributed by atoms with van der Waals surface area (Å²) in [6.07, 6.45) is 0. The molecule has 0 aliphatic carbocycles. The van der Waals surface area contributed by atoms with Gasteiger partial charge in [0.15, 0.2) is 0 Å². The first-order valence-corrected chi connectivity index (χ1v) is 5.04. The molecule has 16 heavy (non-hydrogen) atoms. The van der Waals surface area contributed by atoms with Crippen LogP contribution in [0.1, 0.15) is 5.56 Å². The molecule has 2 nitrogen and oxygen atoms in total. The lowest BCUT2D eigenvalue weighted by Crippen LogP contribution is -1.96. The molecule has 2 aromatic carbocycles. The number of anilines is 3. The number of hydrogen-bond acceptors (Lipinski definition) is 2. The van der Waals surface area contributed by atoms with Gasteiger partial charge in [0.05, 0.1) is 11.4 Å². The summed E-state index contributed by atoms with van der Waals surface area (Å²) < 4.78 is 12.8. The van der Waals surface area contributed by atoms with E-state index in [1.54, 1.807) is 6.07 Å². The van der Waals surface area contributed by atoms with Crippen molar-refractivity contribution in [1.29, 1.82) is 0 Å². The number of benzene rings is 2. The average molecular weight is 216 g/mol. The molecule has 0 aliphatic heterocycles. The van der Waals surface area contributed by atoms with E-state index in [1.807, 2.05) is 31.2 Å². The Hall–Kier alpha value is -2.03. The van der Waals surface area contributed by atoms with Crippen molar-refractivity contribution in [3.8, 4) is 0 Å². The number of halogens is 1. The van der Waals surface area contributed by atoms with Crippen LogP contribution in [-0.2, 0) is 0 Å². The Bertz CT molecular complexity index is 492. The van der Waals surface area contributed by atoms with Crippen LogP contribution in [0.3, 0.4) is 0 Å². The van der Waals surface area contributed by atoms with Crippen LogP contribution in [0.4, 0.5) is 21.5 Å². The number of nitrogens with two attached hydrogens (primary N) is 1. The lowest BCUT2D eigenvalue weighted by Gasteiger charge is -2.09. The maximum atomic E-state index is 12.8. The zero-order valence-electron chi connectivity index (χ0n) is 9.00. The molecule has 2 aromatic rings. The Kier molecular flexibility index (Phi) is 2.77. The summed E-state index contributed by atoms with van der Waals surface area (Å²) in [5.41, 5.74) is 8.94. The van der Waals surface area contributed by atoms with E-state index in [9.17, 15) is 4.39 Å². The van der Waals surface area contributed by atoms with Crippen LogP contribution in [0, 0.1) is 12.7 Å². The summed E-state index contributed by atoms with van der Waals surface area (Å²) in [6.45, 7) is 2.02. The van der Waals surface area contributed by atoms with E-state index >= 15 is 0 Å². The number of nitrogen functional groups attached to an aromatic ring is 1. The molecule has 0 radical (unpaired) electrons. The molecule has 0 fully saturated rings. The largest absolute Gasteiger partial charge is 0.397 e. The molecule has 3 heteroatoms. The molecule has 3 N–H and O–H groups in total. The van der Waals surface area contributed by atoms with Gasteiger partial charge in [-0.05, 0) is 37.3 Å². The van der Waals surface area contributed by atoms with Crippen LogP contribution >= 0.6 is 0 Å². The van der Waals surface area contributed by atoms with Crippen molar-refractivity contribution in [2.24, 2.45) is 0 Å². The minimum absolute atomic E-state index is 0.327. The normalized spacial score (nSPS) is 10.1. The fraction of sp³-hybridized carbons (Fsp3) is 0.0769. The van der Waals surface area contributed by atoms with E-state index in [0.717, 1.165) is 5.69 Å². The average Bonchev–Trinajstić information content (AvgIpc) is 2.25. The first-order chi connectivity index (χ1) is 7.65. The Morgan fingerprint density at radius 3 is 2.38 bits per heavy atom. The summed E-state index contributed by atoms with van der Waals surface area (Å²) in [5.74, 6) is -0.327. The minimum atomic E-state index is -0.327. The molecule has 0 heterocycles. The van der Waals surface area contributed by atoms with E-state index in [2.05, 4.69) is 5.32 Å². The van der Waals surface area contributed by atoms with Gasteiger partial charge in [0.2, 0.25) is 0 Å². The van der Waals surface area contributed by atoms with Gasteiger partial charge in [-0.3, -0.25) is 0 Å². The van der Waals surface area contributed by atoms with Crippen LogP contribution < -0.4 is 11.1 Å². The van der Waals surface area contributed by atoms with Crippen LogP contribution in [-0.4, -0.2) is 0 Å². The molecule has 0 aromatic heterocycles. The second kappa shape index (κ2) is 4.23. The maximum absolute atomic E-state index is 12.8.